The molecule has 0 aromatic heterocycles. The Labute approximate surface area is 140 Å². The zero-order valence-electron chi connectivity index (χ0n) is 13.2. The van der Waals surface area contributed by atoms with E-state index in [9.17, 15) is 9.59 Å². The summed E-state index contributed by atoms with van der Waals surface area (Å²) in [5, 5.41) is 2.93. The maximum atomic E-state index is 12.9. The van der Waals surface area contributed by atoms with Crippen LogP contribution in [-0.4, -0.2) is 29.3 Å². The first-order chi connectivity index (χ1) is 10.4. The third kappa shape index (κ3) is 4.09. The summed E-state index contributed by atoms with van der Waals surface area (Å²) < 4.78 is 1.02. The van der Waals surface area contributed by atoms with Gasteiger partial charge in [-0.05, 0) is 30.5 Å². The van der Waals surface area contributed by atoms with Crippen LogP contribution in [-0.2, 0) is 16.1 Å². The van der Waals surface area contributed by atoms with Crippen LogP contribution in [0, 0.1) is 0 Å². The third-order valence-electron chi connectivity index (χ3n) is 4.21. The van der Waals surface area contributed by atoms with Gasteiger partial charge in [0.05, 0.1) is 0 Å². The molecular formula is C17H23BrN2O2. The fourth-order valence-corrected chi connectivity index (χ4v) is 3.45. The van der Waals surface area contributed by atoms with Gasteiger partial charge in [0.15, 0.2) is 0 Å². The van der Waals surface area contributed by atoms with Crippen molar-refractivity contribution in [1.82, 2.24) is 10.2 Å². The van der Waals surface area contributed by atoms with E-state index in [1.54, 1.807) is 4.90 Å². The van der Waals surface area contributed by atoms with Crippen molar-refractivity contribution in [2.45, 2.75) is 51.1 Å². The minimum atomic E-state index is -0.714. The summed E-state index contributed by atoms with van der Waals surface area (Å²) in [6.07, 6.45) is 4.56. The van der Waals surface area contributed by atoms with E-state index in [4.69, 9.17) is 0 Å². The zero-order valence-corrected chi connectivity index (χ0v) is 14.8. The third-order valence-corrected chi connectivity index (χ3v) is 4.74. The number of hydrogen-bond acceptors (Lipinski definition) is 2. The number of likely N-dealkylation sites (N-methyl/N-ethyl adjacent to an activating group) is 1. The first-order valence-corrected chi connectivity index (χ1v) is 8.51. The molecule has 0 spiro atoms. The lowest BCUT2D eigenvalue weighted by atomic mass is 9.80. The second-order valence-corrected chi connectivity index (χ2v) is 7.03. The molecule has 1 aliphatic carbocycles. The highest BCUT2D eigenvalue weighted by molar-refractivity contribution is 9.10. The minimum absolute atomic E-state index is 0.0188. The highest BCUT2D eigenvalue weighted by Gasteiger charge is 2.41. The van der Waals surface area contributed by atoms with Gasteiger partial charge in [0, 0.05) is 25.0 Å². The van der Waals surface area contributed by atoms with Crippen LogP contribution in [0.5, 0.6) is 0 Å². The molecule has 1 aromatic rings. The van der Waals surface area contributed by atoms with Crippen LogP contribution in [0.1, 0.15) is 44.6 Å². The summed E-state index contributed by atoms with van der Waals surface area (Å²) >= 11 is 3.41. The monoisotopic (exact) mass is 366 g/mol. The van der Waals surface area contributed by atoms with Crippen LogP contribution in [0.3, 0.4) is 0 Å². The molecule has 120 valence electrons. The quantitative estimate of drug-likeness (QED) is 0.888. The number of halogens is 1. The van der Waals surface area contributed by atoms with Crippen molar-refractivity contribution in [3.63, 3.8) is 0 Å². The molecule has 0 bridgehead atoms. The number of nitrogens with one attached hydrogen (secondary N) is 1. The van der Waals surface area contributed by atoms with Crippen molar-refractivity contribution >= 4 is 27.7 Å². The normalized spacial score (nSPS) is 16.9. The maximum absolute atomic E-state index is 12.9. The standard InChI is InChI=1S/C17H23BrN2O2/c1-13(21)19-17(10-4-3-5-11-17)16(22)20(2)12-14-6-8-15(18)9-7-14/h6-9H,3-5,10-12H2,1-2H3,(H,19,21). The summed E-state index contributed by atoms with van der Waals surface area (Å²) in [7, 11) is 1.81. The lowest BCUT2D eigenvalue weighted by Crippen LogP contribution is -2.59. The van der Waals surface area contributed by atoms with E-state index in [2.05, 4.69) is 21.2 Å². The van der Waals surface area contributed by atoms with Crippen LogP contribution < -0.4 is 5.32 Å². The molecule has 0 unspecified atom stereocenters. The topological polar surface area (TPSA) is 49.4 Å². The highest BCUT2D eigenvalue weighted by Crippen LogP contribution is 2.30. The summed E-state index contributed by atoms with van der Waals surface area (Å²) in [6.45, 7) is 2.03. The summed E-state index contributed by atoms with van der Waals surface area (Å²) in [5.74, 6) is -0.113. The lowest BCUT2D eigenvalue weighted by Gasteiger charge is -2.39. The van der Waals surface area contributed by atoms with Crippen LogP contribution in [0.2, 0.25) is 0 Å². The molecule has 0 aliphatic heterocycles. The largest absolute Gasteiger partial charge is 0.342 e. The summed E-state index contributed by atoms with van der Waals surface area (Å²) in [6, 6.07) is 7.94. The summed E-state index contributed by atoms with van der Waals surface area (Å²) in [5.41, 5.74) is 0.363. The molecule has 0 radical (unpaired) electrons. The maximum Gasteiger partial charge on any atom is 0.248 e. The average molecular weight is 367 g/mol. The Bertz CT molecular complexity index is 536. The van der Waals surface area contributed by atoms with E-state index >= 15 is 0 Å². The fourth-order valence-electron chi connectivity index (χ4n) is 3.19. The number of carbonyl (C=O) groups is 2. The van der Waals surface area contributed by atoms with Gasteiger partial charge in [-0.1, -0.05) is 47.3 Å². The molecule has 22 heavy (non-hydrogen) atoms. The highest BCUT2D eigenvalue weighted by atomic mass is 79.9. The van der Waals surface area contributed by atoms with Gasteiger partial charge in [-0.25, -0.2) is 0 Å². The van der Waals surface area contributed by atoms with Gasteiger partial charge in [0.2, 0.25) is 11.8 Å². The van der Waals surface area contributed by atoms with E-state index in [1.807, 2.05) is 31.3 Å². The first kappa shape index (κ1) is 17.0. The van der Waals surface area contributed by atoms with E-state index in [0.717, 1.165) is 42.1 Å². The Morgan fingerprint density at radius 1 is 1.18 bits per heavy atom. The molecule has 1 N–H and O–H groups in total. The van der Waals surface area contributed by atoms with Gasteiger partial charge >= 0.3 is 0 Å². The van der Waals surface area contributed by atoms with Gasteiger partial charge in [-0.2, -0.15) is 0 Å². The molecule has 0 saturated heterocycles. The zero-order chi connectivity index (χ0) is 16.2. The molecule has 0 heterocycles. The molecule has 2 rings (SSSR count). The van der Waals surface area contributed by atoms with Crippen LogP contribution in [0.4, 0.5) is 0 Å². The van der Waals surface area contributed by atoms with Crippen molar-refractivity contribution in [3.05, 3.63) is 34.3 Å². The first-order valence-electron chi connectivity index (χ1n) is 7.72. The van der Waals surface area contributed by atoms with Crippen LogP contribution in [0.15, 0.2) is 28.7 Å². The summed E-state index contributed by atoms with van der Waals surface area (Å²) in [4.78, 5) is 26.2. The second kappa shape index (κ2) is 7.27. The lowest BCUT2D eigenvalue weighted by molar-refractivity contribution is -0.142. The Morgan fingerprint density at radius 3 is 2.32 bits per heavy atom. The molecule has 1 saturated carbocycles. The van der Waals surface area contributed by atoms with Crippen molar-refractivity contribution in [3.8, 4) is 0 Å². The molecular weight excluding hydrogens is 344 g/mol. The Balaban J connectivity index is 2.11. The van der Waals surface area contributed by atoms with Crippen LogP contribution in [0.25, 0.3) is 0 Å². The van der Waals surface area contributed by atoms with E-state index in [1.165, 1.54) is 6.92 Å². The van der Waals surface area contributed by atoms with Gasteiger partial charge in [0.1, 0.15) is 5.54 Å². The van der Waals surface area contributed by atoms with Crippen molar-refractivity contribution in [1.29, 1.82) is 0 Å². The number of hydrogen-bond donors (Lipinski definition) is 1. The molecule has 1 fully saturated rings. The van der Waals surface area contributed by atoms with Crippen molar-refractivity contribution < 1.29 is 9.59 Å². The molecule has 1 aliphatic rings. The molecule has 5 heteroatoms. The van der Waals surface area contributed by atoms with E-state index in [-0.39, 0.29) is 11.8 Å². The Morgan fingerprint density at radius 2 is 1.77 bits per heavy atom. The number of benzene rings is 1. The molecule has 1 aromatic carbocycles. The Hall–Kier alpha value is -1.36. The van der Waals surface area contributed by atoms with Gasteiger partial charge < -0.3 is 10.2 Å². The van der Waals surface area contributed by atoms with Gasteiger partial charge in [0.25, 0.3) is 0 Å². The van der Waals surface area contributed by atoms with E-state index < -0.39 is 5.54 Å². The molecule has 4 nitrogen and oxygen atoms in total. The van der Waals surface area contributed by atoms with Crippen LogP contribution >= 0.6 is 15.9 Å². The number of carbonyl (C=O) groups excluding carboxylic acids is 2. The molecule has 0 atom stereocenters. The van der Waals surface area contributed by atoms with E-state index in [0.29, 0.717) is 6.54 Å². The Kier molecular flexibility index (Phi) is 5.62. The predicted molar refractivity (Wildman–Crippen MR) is 90.2 cm³/mol. The average Bonchev–Trinajstić information content (AvgIpc) is 2.49. The second-order valence-electron chi connectivity index (χ2n) is 6.11. The van der Waals surface area contributed by atoms with Gasteiger partial charge in [-0.15, -0.1) is 0 Å². The predicted octanol–water partition coefficient (Wildman–Crippen LogP) is 3.25. The minimum Gasteiger partial charge on any atom is -0.342 e. The molecule has 2 amide bonds. The van der Waals surface area contributed by atoms with Crippen molar-refractivity contribution in [2.75, 3.05) is 7.05 Å². The fraction of sp³-hybridized carbons (Fsp3) is 0.529. The number of rotatable bonds is 4. The smallest absolute Gasteiger partial charge is 0.248 e. The van der Waals surface area contributed by atoms with Crippen molar-refractivity contribution in [2.24, 2.45) is 0 Å². The SMILES string of the molecule is CC(=O)NC1(C(=O)N(C)Cc2ccc(Br)cc2)CCCCC1. The van der Waals surface area contributed by atoms with Gasteiger partial charge in [-0.3, -0.25) is 9.59 Å². The number of nitrogens with zero attached hydrogens (tertiary/aromatic N) is 1. The number of amides is 2.